The van der Waals surface area contributed by atoms with Crippen molar-refractivity contribution in [3.8, 4) is 0 Å². The molecule has 0 saturated carbocycles. The first-order valence-electron chi connectivity index (χ1n) is 13.8. The van der Waals surface area contributed by atoms with Crippen molar-refractivity contribution < 1.29 is 18.4 Å². The number of anilines is 1. The van der Waals surface area contributed by atoms with Gasteiger partial charge in [-0.15, -0.1) is 11.3 Å². The molecule has 1 unspecified atom stereocenters. The number of nitrogens with zero attached hydrogens (tertiary/aromatic N) is 1. The van der Waals surface area contributed by atoms with E-state index in [1.807, 2.05) is 26.0 Å². The number of unbranched alkanes of at least 4 members (excludes halogenated alkanes) is 3. The van der Waals surface area contributed by atoms with Gasteiger partial charge in [-0.25, -0.2) is 0 Å². The Labute approximate surface area is 244 Å². The third kappa shape index (κ3) is 8.85. The van der Waals surface area contributed by atoms with Crippen LogP contribution in [0.5, 0.6) is 0 Å². The maximum Gasteiger partial charge on any atom is 0.262 e. The number of piperidine rings is 1. The lowest BCUT2D eigenvalue weighted by Gasteiger charge is -2.32. The van der Waals surface area contributed by atoms with Gasteiger partial charge in [0, 0.05) is 18.2 Å². The Morgan fingerprint density at radius 1 is 1.18 bits per heavy atom. The molecule has 1 aromatic carbocycles. The minimum Gasteiger partial charge on any atom is -0.772 e. The molecule has 2 amide bonds. The lowest BCUT2D eigenvalue weighted by molar-refractivity contribution is -0.118. The molecular formula is C29H41ClN3O4S2-. The topological polar surface area (TPSA) is 102 Å². The first kappa shape index (κ1) is 31.7. The Bertz CT molecular complexity index is 1140. The SMILES string of the molecule is CC(C)C(=O)Nc1cccc(C2CCN(CCCCCCNC(=O)c3scc(C(C)(C)S(=O)[O-])c3Cl)CC2)c1. The molecule has 1 atom stereocenters. The largest absolute Gasteiger partial charge is 0.772 e. The standard InChI is InChI=1S/C29H42ClN3O4S2/c1-20(2)27(34)32-23-11-9-10-22(18-23)21-12-16-33(17-13-21)15-8-6-5-7-14-31-28(35)26-25(30)24(19-38-26)29(3,4)39(36)37/h9-11,18-21H,5-8,12-17H2,1-4H3,(H,31,35)(H,32,34)(H,36,37)/p-1. The molecule has 0 radical (unpaired) electrons. The Kier molecular flexibility index (Phi) is 12.0. The molecule has 3 rings (SSSR count). The van der Waals surface area contributed by atoms with Crippen molar-refractivity contribution in [1.29, 1.82) is 0 Å². The molecule has 2 N–H and O–H groups in total. The highest BCUT2D eigenvalue weighted by Gasteiger charge is 2.29. The van der Waals surface area contributed by atoms with Crippen molar-refractivity contribution in [1.82, 2.24) is 10.2 Å². The maximum atomic E-state index is 12.5. The number of nitrogens with one attached hydrogen (secondary N) is 2. The third-order valence-electron chi connectivity index (χ3n) is 7.43. The lowest BCUT2D eigenvalue weighted by Crippen LogP contribution is -2.33. The van der Waals surface area contributed by atoms with Gasteiger partial charge in [-0.2, -0.15) is 0 Å². The number of carbonyl (C=O) groups is 2. The van der Waals surface area contributed by atoms with Gasteiger partial charge >= 0.3 is 0 Å². The van der Waals surface area contributed by atoms with Crippen LogP contribution < -0.4 is 10.6 Å². The van der Waals surface area contributed by atoms with Crippen LogP contribution in [0.1, 0.15) is 92.9 Å². The van der Waals surface area contributed by atoms with Gasteiger partial charge in [-0.1, -0.05) is 50.4 Å². The number of amides is 2. The monoisotopic (exact) mass is 594 g/mol. The normalized spacial score (nSPS) is 15.9. The summed E-state index contributed by atoms with van der Waals surface area (Å²) in [5.74, 6) is 0.292. The number of halogens is 1. The van der Waals surface area contributed by atoms with E-state index in [-0.39, 0.29) is 22.8 Å². The third-order valence-corrected chi connectivity index (χ3v) is 9.96. The zero-order valence-corrected chi connectivity index (χ0v) is 25.8. The second kappa shape index (κ2) is 14.7. The molecule has 0 bridgehead atoms. The highest BCUT2D eigenvalue weighted by molar-refractivity contribution is 7.80. The van der Waals surface area contributed by atoms with E-state index in [1.54, 1.807) is 19.2 Å². The second-order valence-corrected chi connectivity index (χ2v) is 13.8. The van der Waals surface area contributed by atoms with Crippen molar-refractivity contribution in [2.75, 3.05) is 31.5 Å². The number of thiophene rings is 1. The Hall–Kier alpha value is -1.78. The molecule has 1 aliphatic rings. The van der Waals surface area contributed by atoms with Gasteiger partial charge in [0.05, 0.1) is 9.77 Å². The Balaban J connectivity index is 1.30. The fraction of sp³-hybridized carbons (Fsp3) is 0.586. The van der Waals surface area contributed by atoms with Crippen LogP contribution in [0.3, 0.4) is 0 Å². The van der Waals surface area contributed by atoms with E-state index in [0.29, 0.717) is 22.9 Å². The molecule has 1 aromatic heterocycles. The number of hydrogen-bond acceptors (Lipinski definition) is 6. The van der Waals surface area contributed by atoms with E-state index >= 15 is 0 Å². The molecule has 2 aromatic rings. The Morgan fingerprint density at radius 2 is 1.87 bits per heavy atom. The molecule has 1 aliphatic heterocycles. The summed E-state index contributed by atoms with van der Waals surface area (Å²) in [6.45, 7) is 10.8. The summed E-state index contributed by atoms with van der Waals surface area (Å²) >= 11 is 5.18. The van der Waals surface area contributed by atoms with Gasteiger partial charge in [0.2, 0.25) is 5.91 Å². The Morgan fingerprint density at radius 3 is 2.54 bits per heavy atom. The van der Waals surface area contributed by atoms with Crippen LogP contribution in [-0.4, -0.2) is 51.7 Å². The van der Waals surface area contributed by atoms with E-state index in [9.17, 15) is 18.4 Å². The van der Waals surface area contributed by atoms with Gasteiger partial charge in [-0.05, 0) is 105 Å². The fourth-order valence-electron chi connectivity index (χ4n) is 4.74. The van der Waals surface area contributed by atoms with Crippen LogP contribution in [0.2, 0.25) is 5.02 Å². The molecule has 216 valence electrons. The van der Waals surface area contributed by atoms with Gasteiger partial charge in [0.25, 0.3) is 5.91 Å². The highest BCUT2D eigenvalue weighted by atomic mass is 35.5. The van der Waals surface area contributed by atoms with Gasteiger partial charge in [0.1, 0.15) is 4.88 Å². The zero-order valence-electron chi connectivity index (χ0n) is 23.4. The number of benzene rings is 1. The molecule has 10 heteroatoms. The van der Waals surface area contributed by atoms with Crippen molar-refractivity contribution in [2.45, 2.75) is 76.9 Å². The lowest BCUT2D eigenvalue weighted by atomic mass is 9.89. The van der Waals surface area contributed by atoms with E-state index in [1.165, 1.54) is 16.9 Å². The quantitative estimate of drug-likeness (QED) is 0.210. The van der Waals surface area contributed by atoms with Crippen LogP contribution in [0.25, 0.3) is 0 Å². The maximum absolute atomic E-state index is 12.5. The number of carbonyl (C=O) groups excluding carboxylic acids is 2. The summed E-state index contributed by atoms with van der Waals surface area (Å²) in [5, 5.41) is 7.80. The fourth-order valence-corrected chi connectivity index (χ4v) is 6.82. The molecular weight excluding hydrogens is 554 g/mol. The van der Waals surface area contributed by atoms with E-state index in [2.05, 4.69) is 27.7 Å². The first-order valence-corrected chi connectivity index (χ1v) is 16.1. The summed E-state index contributed by atoms with van der Waals surface area (Å²) in [7, 11) is 0. The predicted molar refractivity (Wildman–Crippen MR) is 160 cm³/mol. The summed E-state index contributed by atoms with van der Waals surface area (Å²) in [6.07, 6.45) is 6.43. The zero-order chi connectivity index (χ0) is 28.6. The average Bonchev–Trinajstić information content (AvgIpc) is 3.30. The van der Waals surface area contributed by atoms with E-state index < -0.39 is 15.8 Å². The van der Waals surface area contributed by atoms with Crippen LogP contribution in [0.4, 0.5) is 5.69 Å². The summed E-state index contributed by atoms with van der Waals surface area (Å²) in [6, 6.07) is 8.29. The van der Waals surface area contributed by atoms with Gasteiger partial charge < -0.3 is 20.1 Å². The molecule has 7 nitrogen and oxygen atoms in total. The summed E-state index contributed by atoms with van der Waals surface area (Å²) in [5.41, 5.74) is 2.65. The molecule has 39 heavy (non-hydrogen) atoms. The molecule has 2 heterocycles. The van der Waals surface area contributed by atoms with Crippen molar-refractivity contribution in [3.63, 3.8) is 0 Å². The van der Waals surface area contributed by atoms with Crippen LogP contribution >= 0.6 is 22.9 Å². The predicted octanol–water partition coefficient (Wildman–Crippen LogP) is 6.28. The molecule has 1 saturated heterocycles. The summed E-state index contributed by atoms with van der Waals surface area (Å²) < 4.78 is 21.9. The molecule has 0 aliphatic carbocycles. The number of rotatable bonds is 13. The van der Waals surface area contributed by atoms with Crippen molar-refractivity contribution >= 4 is 51.5 Å². The van der Waals surface area contributed by atoms with Crippen molar-refractivity contribution in [3.05, 3.63) is 50.7 Å². The second-order valence-electron chi connectivity index (χ2n) is 11.1. The van der Waals surface area contributed by atoms with Crippen molar-refractivity contribution in [2.24, 2.45) is 5.92 Å². The van der Waals surface area contributed by atoms with Gasteiger partial charge in [-0.3, -0.25) is 13.8 Å². The van der Waals surface area contributed by atoms with E-state index in [4.69, 9.17) is 11.6 Å². The van der Waals surface area contributed by atoms with Crippen LogP contribution in [0.15, 0.2) is 29.6 Å². The van der Waals surface area contributed by atoms with Crippen LogP contribution in [-0.2, 0) is 20.6 Å². The summed E-state index contributed by atoms with van der Waals surface area (Å²) in [4.78, 5) is 27.4. The van der Waals surface area contributed by atoms with Gasteiger partial charge in [0.15, 0.2) is 0 Å². The highest BCUT2D eigenvalue weighted by Crippen LogP contribution is 2.38. The number of hydrogen-bond donors (Lipinski definition) is 2. The minimum atomic E-state index is -2.34. The first-order chi connectivity index (χ1) is 18.5. The molecule has 1 fully saturated rings. The van der Waals surface area contributed by atoms with E-state index in [0.717, 1.165) is 63.8 Å². The smallest absolute Gasteiger partial charge is 0.262 e. The number of likely N-dealkylation sites (tertiary alicyclic amines) is 1. The minimum absolute atomic E-state index is 0.0340. The molecule has 0 spiro atoms. The average molecular weight is 595 g/mol. The van der Waals surface area contributed by atoms with Crippen LogP contribution in [0, 0.1) is 5.92 Å².